The minimum atomic E-state index is -3.81. The van der Waals surface area contributed by atoms with E-state index < -0.39 is 9.05 Å². The third kappa shape index (κ3) is 2.62. The summed E-state index contributed by atoms with van der Waals surface area (Å²) in [5, 5.41) is 0. The molecule has 0 aliphatic carbocycles. The van der Waals surface area contributed by atoms with Crippen LogP contribution < -0.4 is 4.74 Å². The standard InChI is InChI=1S/C7H5Br2ClO3S/c1-13-6-3-4(8)2-5(9)7(6)14(10,11)12/h2-3H,1H3. The van der Waals surface area contributed by atoms with Crippen molar-refractivity contribution in [3.05, 3.63) is 21.1 Å². The Bertz CT molecular complexity index is 458. The predicted octanol–water partition coefficient (Wildman–Crippen LogP) is 3.15. The van der Waals surface area contributed by atoms with E-state index in [1.165, 1.54) is 13.2 Å². The van der Waals surface area contributed by atoms with Gasteiger partial charge in [0.2, 0.25) is 0 Å². The largest absolute Gasteiger partial charge is 0.495 e. The first-order valence-corrected chi connectivity index (χ1v) is 7.23. The van der Waals surface area contributed by atoms with Gasteiger partial charge in [-0.3, -0.25) is 0 Å². The van der Waals surface area contributed by atoms with Gasteiger partial charge in [-0.25, -0.2) is 8.42 Å². The molecular formula is C7H5Br2ClO3S. The van der Waals surface area contributed by atoms with Gasteiger partial charge < -0.3 is 4.74 Å². The smallest absolute Gasteiger partial charge is 0.266 e. The SMILES string of the molecule is COc1cc(Br)cc(Br)c1S(=O)(=O)Cl. The number of rotatable bonds is 2. The molecule has 7 heteroatoms. The van der Waals surface area contributed by atoms with Crippen molar-refractivity contribution < 1.29 is 13.2 Å². The van der Waals surface area contributed by atoms with E-state index in [0.29, 0.717) is 8.95 Å². The minimum absolute atomic E-state index is 0.0649. The van der Waals surface area contributed by atoms with Crippen molar-refractivity contribution in [2.24, 2.45) is 0 Å². The second kappa shape index (κ2) is 4.38. The highest BCUT2D eigenvalue weighted by atomic mass is 79.9. The fourth-order valence-corrected chi connectivity index (χ4v) is 4.18. The maximum atomic E-state index is 11.2. The van der Waals surface area contributed by atoms with E-state index in [2.05, 4.69) is 31.9 Å². The van der Waals surface area contributed by atoms with Gasteiger partial charge in [0.1, 0.15) is 10.6 Å². The molecule has 0 atom stereocenters. The summed E-state index contributed by atoms with van der Waals surface area (Å²) >= 11 is 6.31. The molecule has 0 amide bonds. The van der Waals surface area contributed by atoms with Gasteiger partial charge >= 0.3 is 0 Å². The summed E-state index contributed by atoms with van der Waals surface area (Å²) in [6.07, 6.45) is 0. The molecule has 0 aromatic heterocycles. The molecule has 0 saturated carbocycles. The summed E-state index contributed by atoms with van der Waals surface area (Å²) in [4.78, 5) is -0.0649. The molecule has 0 heterocycles. The molecular weight excluding hydrogens is 359 g/mol. The number of halogens is 3. The van der Waals surface area contributed by atoms with Gasteiger partial charge in [-0.2, -0.15) is 0 Å². The van der Waals surface area contributed by atoms with Crippen LogP contribution in [0.15, 0.2) is 26.0 Å². The van der Waals surface area contributed by atoms with Crippen LogP contribution in [0.3, 0.4) is 0 Å². The first kappa shape index (κ1) is 12.3. The summed E-state index contributed by atoms with van der Waals surface area (Å²) in [5.41, 5.74) is 0. The van der Waals surface area contributed by atoms with Gasteiger partial charge in [-0.1, -0.05) is 15.9 Å². The lowest BCUT2D eigenvalue weighted by molar-refractivity contribution is 0.402. The third-order valence-electron chi connectivity index (χ3n) is 1.44. The first-order chi connectivity index (χ1) is 6.36. The lowest BCUT2D eigenvalue weighted by Gasteiger charge is -2.07. The van der Waals surface area contributed by atoms with Crippen molar-refractivity contribution in [2.45, 2.75) is 4.90 Å². The Morgan fingerprint density at radius 1 is 1.36 bits per heavy atom. The van der Waals surface area contributed by atoms with Crippen LogP contribution in [0.25, 0.3) is 0 Å². The lowest BCUT2D eigenvalue weighted by Crippen LogP contribution is -1.97. The molecule has 0 bridgehead atoms. The van der Waals surface area contributed by atoms with Crippen molar-refractivity contribution in [2.75, 3.05) is 7.11 Å². The Morgan fingerprint density at radius 3 is 2.36 bits per heavy atom. The van der Waals surface area contributed by atoms with Crippen LogP contribution in [0.2, 0.25) is 0 Å². The number of benzene rings is 1. The summed E-state index contributed by atoms with van der Waals surface area (Å²) in [7, 11) is 2.81. The normalized spacial score (nSPS) is 11.4. The Morgan fingerprint density at radius 2 is 1.93 bits per heavy atom. The van der Waals surface area contributed by atoms with E-state index in [9.17, 15) is 8.42 Å². The van der Waals surface area contributed by atoms with Gasteiger partial charge in [0.15, 0.2) is 0 Å². The zero-order valence-electron chi connectivity index (χ0n) is 6.92. The molecule has 0 fully saturated rings. The van der Waals surface area contributed by atoms with Crippen LogP contribution >= 0.6 is 42.5 Å². The highest BCUT2D eigenvalue weighted by Gasteiger charge is 2.21. The van der Waals surface area contributed by atoms with Crippen LogP contribution in [0.5, 0.6) is 5.75 Å². The van der Waals surface area contributed by atoms with Crippen LogP contribution in [-0.4, -0.2) is 15.5 Å². The van der Waals surface area contributed by atoms with Crippen molar-refractivity contribution in [3.63, 3.8) is 0 Å². The maximum Gasteiger partial charge on any atom is 0.266 e. The number of methoxy groups -OCH3 is 1. The molecule has 0 N–H and O–H groups in total. The molecule has 1 rings (SSSR count). The summed E-state index contributed by atoms with van der Waals surface area (Å²) in [6, 6.07) is 3.11. The van der Waals surface area contributed by atoms with Crippen LogP contribution in [-0.2, 0) is 9.05 Å². The first-order valence-electron chi connectivity index (χ1n) is 3.34. The average Bonchev–Trinajstić information content (AvgIpc) is 1.99. The van der Waals surface area contributed by atoms with Crippen molar-refractivity contribution in [1.29, 1.82) is 0 Å². The number of ether oxygens (including phenoxy) is 1. The molecule has 0 saturated heterocycles. The second-order valence-corrected chi connectivity index (χ2v) is 6.63. The predicted molar refractivity (Wildman–Crippen MR) is 61.4 cm³/mol. The van der Waals surface area contributed by atoms with E-state index in [4.69, 9.17) is 15.4 Å². The summed E-state index contributed by atoms with van der Waals surface area (Å²) in [5.74, 6) is 0.196. The van der Waals surface area contributed by atoms with Crippen molar-refractivity contribution in [1.82, 2.24) is 0 Å². The van der Waals surface area contributed by atoms with Gasteiger partial charge in [-0.05, 0) is 28.1 Å². The van der Waals surface area contributed by atoms with Crippen LogP contribution in [0.1, 0.15) is 0 Å². The van der Waals surface area contributed by atoms with E-state index in [1.807, 2.05) is 0 Å². The lowest BCUT2D eigenvalue weighted by atomic mass is 10.3. The molecule has 0 spiro atoms. The zero-order chi connectivity index (χ0) is 10.9. The topological polar surface area (TPSA) is 43.4 Å². The fourth-order valence-electron chi connectivity index (χ4n) is 0.925. The summed E-state index contributed by atoms with van der Waals surface area (Å²) < 4.78 is 28.3. The van der Waals surface area contributed by atoms with E-state index in [-0.39, 0.29) is 10.6 Å². The fraction of sp³-hybridized carbons (Fsp3) is 0.143. The second-order valence-electron chi connectivity index (χ2n) is 2.36. The molecule has 14 heavy (non-hydrogen) atoms. The molecule has 0 unspecified atom stereocenters. The van der Waals surface area contributed by atoms with Gasteiger partial charge in [0, 0.05) is 19.6 Å². The molecule has 1 aromatic rings. The number of hydrogen-bond acceptors (Lipinski definition) is 3. The highest BCUT2D eigenvalue weighted by Crippen LogP contribution is 2.36. The van der Waals surface area contributed by atoms with Gasteiger partial charge in [0.25, 0.3) is 9.05 Å². The van der Waals surface area contributed by atoms with Crippen LogP contribution in [0, 0.1) is 0 Å². The molecule has 0 radical (unpaired) electrons. The Labute approximate surface area is 103 Å². The Kier molecular flexibility index (Phi) is 3.85. The molecule has 0 aliphatic heterocycles. The monoisotopic (exact) mass is 362 g/mol. The Balaban J connectivity index is 3.57. The van der Waals surface area contributed by atoms with Crippen molar-refractivity contribution >= 4 is 51.6 Å². The maximum absolute atomic E-state index is 11.2. The van der Waals surface area contributed by atoms with E-state index in [1.54, 1.807) is 6.07 Å². The Hall–Kier alpha value is 0.220. The minimum Gasteiger partial charge on any atom is -0.495 e. The third-order valence-corrected chi connectivity index (χ3v) is 4.16. The molecule has 1 aromatic carbocycles. The molecule has 0 aliphatic rings. The zero-order valence-corrected chi connectivity index (χ0v) is 11.7. The van der Waals surface area contributed by atoms with E-state index in [0.717, 1.165) is 0 Å². The highest BCUT2D eigenvalue weighted by molar-refractivity contribution is 9.11. The van der Waals surface area contributed by atoms with E-state index >= 15 is 0 Å². The van der Waals surface area contributed by atoms with Gasteiger partial charge in [-0.15, -0.1) is 0 Å². The summed E-state index contributed by atoms with van der Waals surface area (Å²) in [6.45, 7) is 0. The molecule has 3 nitrogen and oxygen atoms in total. The number of hydrogen-bond donors (Lipinski definition) is 0. The van der Waals surface area contributed by atoms with Crippen molar-refractivity contribution in [3.8, 4) is 5.75 Å². The molecule has 78 valence electrons. The van der Waals surface area contributed by atoms with Gasteiger partial charge in [0.05, 0.1) is 7.11 Å². The average molecular weight is 364 g/mol. The quantitative estimate of drug-likeness (QED) is 0.757. The van der Waals surface area contributed by atoms with Crippen LogP contribution in [0.4, 0.5) is 0 Å².